The molecule has 2 aliphatic rings. The Morgan fingerprint density at radius 2 is 1.88 bits per heavy atom. The molecule has 1 fully saturated rings. The van der Waals surface area contributed by atoms with Gasteiger partial charge in [0.15, 0.2) is 5.78 Å². The summed E-state index contributed by atoms with van der Waals surface area (Å²) in [6.07, 6.45) is 0. The van der Waals surface area contributed by atoms with Gasteiger partial charge in [-0.05, 0) is 38.5 Å². The van der Waals surface area contributed by atoms with Crippen LogP contribution < -0.4 is 5.73 Å². The number of carbonyl (C=O) groups is 1. The monoisotopic (exact) mass is 375 g/mol. The SMILES string of the molecule is C=C1SC(C(C)=O)=C(C)N1CC.Nc1ccc(CN2CCOCC2)cc1. The number of Topliss-reactive ketones (excluding diaryl/α,β-unsaturated/α-hetero) is 1. The molecule has 0 unspecified atom stereocenters. The van der Waals surface area contributed by atoms with Crippen LogP contribution in [0.2, 0.25) is 0 Å². The highest BCUT2D eigenvalue weighted by Gasteiger charge is 2.24. The van der Waals surface area contributed by atoms with Crippen LogP contribution in [-0.4, -0.2) is 48.4 Å². The average molecular weight is 376 g/mol. The summed E-state index contributed by atoms with van der Waals surface area (Å²) in [5.41, 5.74) is 8.82. The number of nitrogens with two attached hydrogens (primary N) is 1. The minimum Gasteiger partial charge on any atom is -0.399 e. The first-order chi connectivity index (χ1) is 12.4. The molecule has 26 heavy (non-hydrogen) atoms. The van der Waals surface area contributed by atoms with Crippen LogP contribution in [0.5, 0.6) is 0 Å². The van der Waals surface area contributed by atoms with Gasteiger partial charge in [-0.1, -0.05) is 30.5 Å². The zero-order valence-corrected chi connectivity index (χ0v) is 16.8. The first kappa shape index (κ1) is 20.6. The maximum Gasteiger partial charge on any atom is 0.168 e. The molecule has 0 bridgehead atoms. The molecule has 1 aromatic rings. The highest BCUT2D eigenvalue weighted by Crippen LogP contribution is 2.39. The van der Waals surface area contributed by atoms with Gasteiger partial charge in [-0.15, -0.1) is 0 Å². The zero-order chi connectivity index (χ0) is 19.1. The standard InChI is InChI=1S/C11H16N2O.C9H13NOS/c12-11-3-1-10(2-4-11)9-13-5-7-14-8-6-13;1-5-10-6(2)9(7(3)11)12-8(10)4/h1-4H,5-9,12H2;4-5H2,1-3H3. The lowest BCUT2D eigenvalue weighted by Crippen LogP contribution is -2.35. The number of hydrogen-bond donors (Lipinski definition) is 1. The number of nitrogens with zero attached hydrogens (tertiary/aromatic N) is 2. The van der Waals surface area contributed by atoms with Crippen LogP contribution in [0.3, 0.4) is 0 Å². The molecule has 0 spiro atoms. The fourth-order valence-corrected chi connectivity index (χ4v) is 3.95. The largest absolute Gasteiger partial charge is 0.399 e. The number of rotatable bonds is 4. The Morgan fingerprint density at radius 1 is 1.27 bits per heavy atom. The van der Waals surface area contributed by atoms with Gasteiger partial charge in [-0.3, -0.25) is 9.69 Å². The van der Waals surface area contributed by atoms with E-state index < -0.39 is 0 Å². The fourth-order valence-electron chi connectivity index (χ4n) is 2.94. The molecule has 0 radical (unpaired) electrons. The van der Waals surface area contributed by atoms with E-state index in [4.69, 9.17) is 10.5 Å². The van der Waals surface area contributed by atoms with Crippen molar-refractivity contribution in [2.24, 2.45) is 0 Å². The third kappa shape index (κ3) is 5.62. The summed E-state index contributed by atoms with van der Waals surface area (Å²) in [5.74, 6) is 0.134. The van der Waals surface area contributed by atoms with Crippen molar-refractivity contribution >= 4 is 23.2 Å². The molecule has 2 N–H and O–H groups in total. The molecule has 2 aliphatic heterocycles. The smallest absolute Gasteiger partial charge is 0.168 e. The van der Waals surface area contributed by atoms with E-state index in [-0.39, 0.29) is 5.78 Å². The van der Waals surface area contributed by atoms with E-state index >= 15 is 0 Å². The zero-order valence-electron chi connectivity index (χ0n) is 16.0. The molecule has 1 aromatic carbocycles. The Balaban J connectivity index is 0.000000190. The maximum absolute atomic E-state index is 11.1. The number of allylic oxidation sites excluding steroid dienone is 2. The number of nitrogen functional groups attached to an aromatic ring is 1. The second-order valence-corrected chi connectivity index (χ2v) is 7.42. The molecule has 0 amide bonds. The Hall–Kier alpha value is -1.76. The average Bonchev–Trinajstić information content (AvgIpc) is 2.92. The summed E-state index contributed by atoms with van der Waals surface area (Å²) < 4.78 is 5.29. The number of anilines is 1. The van der Waals surface area contributed by atoms with Gasteiger partial charge in [0, 0.05) is 37.6 Å². The van der Waals surface area contributed by atoms with Crippen LogP contribution in [0.25, 0.3) is 0 Å². The van der Waals surface area contributed by atoms with Crippen molar-refractivity contribution in [1.82, 2.24) is 9.80 Å². The summed E-state index contributed by atoms with van der Waals surface area (Å²) in [5, 5.41) is 0.959. The number of thioether (sulfide) groups is 1. The minimum atomic E-state index is 0.134. The van der Waals surface area contributed by atoms with E-state index in [1.807, 2.05) is 19.1 Å². The topological polar surface area (TPSA) is 58.8 Å². The second-order valence-electron chi connectivity index (χ2n) is 6.34. The highest BCUT2D eigenvalue weighted by atomic mass is 32.2. The molecule has 3 rings (SSSR count). The third-order valence-electron chi connectivity index (χ3n) is 4.38. The van der Waals surface area contributed by atoms with Gasteiger partial charge < -0.3 is 15.4 Å². The number of ketones is 1. The summed E-state index contributed by atoms with van der Waals surface area (Å²) in [6, 6.07) is 8.08. The first-order valence-corrected chi connectivity index (χ1v) is 9.74. The van der Waals surface area contributed by atoms with Gasteiger partial charge in [0.2, 0.25) is 0 Å². The van der Waals surface area contributed by atoms with Gasteiger partial charge in [0.05, 0.1) is 23.1 Å². The van der Waals surface area contributed by atoms with Gasteiger partial charge in [-0.25, -0.2) is 0 Å². The summed E-state index contributed by atoms with van der Waals surface area (Å²) in [7, 11) is 0. The van der Waals surface area contributed by atoms with Crippen molar-refractivity contribution in [2.45, 2.75) is 27.3 Å². The Labute approximate surface area is 160 Å². The molecule has 0 aliphatic carbocycles. The molecular weight excluding hydrogens is 346 g/mol. The lowest BCUT2D eigenvalue weighted by Gasteiger charge is -2.26. The van der Waals surface area contributed by atoms with Gasteiger partial charge in [0.1, 0.15) is 0 Å². The fraction of sp³-hybridized carbons (Fsp3) is 0.450. The Bertz CT molecular complexity index is 664. The molecule has 0 saturated carbocycles. The van der Waals surface area contributed by atoms with Crippen molar-refractivity contribution in [3.8, 4) is 0 Å². The summed E-state index contributed by atoms with van der Waals surface area (Å²) in [6.45, 7) is 15.2. The number of morpholine rings is 1. The predicted molar refractivity (Wildman–Crippen MR) is 109 cm³/mol. The number of hydrogen-bond acceptors (Lipinski definition) is 6. The van der Waals surface area contributed by atoms with Crippen molar-refractivity contribution < 1.29 is 9.53 Å². The van der Waals surface area contributed by atoms with E-state index in [0.29, 0.717) is 0 Å². The van der Waals surface area contributed by atoms with Crippen LogP contribution in [0, 0.1) is 0 Å². The first-order valence-electron chi connectivity index (χ1n) is 8.93. The second kappa shape index (κ2) is 9.80. The molecule has 5 nitrogen and oxygen atoms in total. The van der Waals surface area contributed by atoms with Crippen LogP contribution in [-0.2, 0) is 16.1 Å². The van der Waals surface area contributed by atoms with Crippen molar-refractivity contribution in [2.75, 3.05) is 38.6 Å². The van der Waals surface area contributed by atoms with E-state index in [0.717, 1.165) is 60.7 Å². The quantitative estimate of drug-likeness (QED) is 0.814. The Morgan fingerprint density at radius 3 is 2.35 bits per heavy atom. The van der Waals surface area contributed by atoms with Crippen LogP contribution in [0.1, 0.15) is 26.3 Å². The van der Waals surface area contributed by atoms with Crippen LogP contribution >= 0.6 is 11.8 Å². The lowest BCUT2D eigenvalue weighted by atomic mass is 10.2. The summed E-state index contributed by atoms with van der Waals surface area (Å²) in [4.78, 5) is 16.4. The molecule has 1 saturated heterocycles. The van der Waals surface area contributed by atoms with Gasteiger partial charge in [-0.2, -0.15) is 0 Å². The molecule has 0 aromatic heterocycles. The maximum atomic E-state index is 11.1. The van der Waals surface area contributed by atoms with Gasteiger partial charge in [0.25, 0.3) is 0 Å². The summed E-state index contributed by atoms with van der Waals surface area (Å²) >= 11 is 1.48. The molecular formula is C20H29N3O2S. The van der Waals surface area contributed by atoms with E-state index in [1.165, 1.54) is 17.3 Å². The normalized spacial score (nSPS) is 18.0. The predicted octanol–water partition coefficient (Wildman–Crippen LogP) is 3.45. The lowest BCUT2D eigenvalue weighted by molar-refractivity contribution is -0.113. The van der Waals surface area contributed by atoms with Crippen molar-refractivity contribution in [1.29, 1.82) is 0 Å². The molecule has 6 heteroatoms. The van der Waals surface area contributed by atoms with Crippen molar-refractivity contribution in [3.63, 3.8) is 0 Å². The van der Waals surface area contributed by atoms with Crippen LogP contribution in [0.4, 0.5) is 5.69 Å². The van der Waals surface area contributed by atoms with Gasteiger partial charge >= 0.3 is 0 Å². The Kier molecular flexibility index (Phi) is 7.75. The third-order valence-corrected chi connectivity index (χ3v) is 5.62. The molecule has 2 heterocycles. The number of ether oxygens (including phenoxy) is 1. The highest BCUT2D eigenvalue weighted by molar-refractivity contribution is 8.07. The van der Waals surface area contributed by atoms with Crippen LogP contribution in [0.15, 0.2) is 46.5 Å². The minimum absolute atomic E-state index is 0.134. The molecule has 142 valence electrons. The number of carbonyl (C=O) groups excluding carboxylic acids is 1. The van der Waals surface area contributed by atoms with E-state index in [2.05, 4.69) is 35.4 Å². The molecule has 0 atom stereocenters. The van der Waals surface area contributed by atoms with E-state index in [1.54, 1.807) is 6.92 Å². The number of benzene rings is 1. The van der Waals surface area contributed by atoms with Crippen molar-refractivity contribution in [3.05, 3.63) is 52.0 Å². The van der Waals surface area contributed by atoms with E-state index in [9.17, 15) is 4.79 Å².